The summed E-state index contributed by atoms with van der Waals surface area (Å²) < 4.78 is 18.3. The van der Waals surface area contributed by atoms with Gasteiger partial charge in [-0.1, -0.05) is 0 Å². The number of aromatic nitrogens is 1. The molecule has 1 fully saturated rings. The molecule has 1 aliphatic rings. The number of carbonyl (C=O) groups is 1. The van der Waals surface area contributed by atoms with Gasteiger partial charge in [0.25, 0.3) is 5.91 Å². The van der Waals surface area contributed by atoms with Crippen molar-refractivity contribution in [2.45, 2.75) is 25.3 Å². The lowest BCUT2D eigenvalue weighted by Crippen LogP contribution is -2.49. The summed E-state index contributed by atoms with van der Waals surface area (Å²) in [5.41, 5.74) is 5.31. The molecule has 0 atom stereocenters. The van der Waals surface area contributed by atoms with E-state index >= 15 is 0 Å². The summed E-state index contributed by atoms with van der Waals surface area (Å²) in [6.45, 7) is 3.15. The van der Waals surface area contributed by atoms with Crippen LogP contribution >= 0.6 is 0 Å². The van der Waals surface area contributed by atoms with Crippen LogP contribution in [0.2, 0.25) is 0 Å². The molecule has 1 aliphatic heterocycles. The van der Waals surface area contributed by atoms with Gasteiger partial charge >= 0.3 is 0 Å². The van der Waals surface area contributed by atoms with Gasteiger partial charge < -0.3 is 15.8 Å². The maximum Gasteiger partial charge on any atom is 0.255 e. The molecule has 0 saturated carbocycles. The van der Waals surface area contributed by atoms with E-state index < -0.39 is 11.7 Å². The van der Waals surface area contributed by atoms with Crippen molar-refractivity contribution in [2.24, 2.45) is 0 Å². The van der Waals surface area contributed by atoms with Crippen molar-refractivity contribution in [3.63, 3.8) is 0 Å². The SMILES string of the molecule is CC1(NC(=O)c2cc(F)cnc2N)CCOCC1. The van der Waals surface area contributed by atoms with Crippen LogP contribution in [0.1, 0.15) is 30.1 Å². The first-order valence-corrected chi connectivity index (χ1v) is 5.81. The van der Waals surface area contributed by atoms with Gasteiger partial charge in [-0.3, -0.25) is 4.79 Å². The second-order valence-corrected chi connectivity index (χ2v) is 4.71. The molecule has 6 heteroatoms. The van der Waals surface area contributed by atoms with Crippen LogP contribution in [0, 0.1) is 5.82 Å². The molecule has 0 aliphatic carbocycles. The Morgan fingerprint density at radius 1 is 1.56 bits per heavy atom. The third-order valence-corrected chi connectivity index (χ3v) is 3.14. The zero-order valence-electron chi connectivity index (χ0n) is 10.2. The van der Waals surface area contributed by atoms with Gasteiger partial charge in [-0.15, -0.1) is 0 Å². The summed E-state index contributed by atoms with van der Waals surface area (Å²) in [5.74, 6) is -0.945. The highest BCUT2D eigenvalue weighted by molar-refractivity contribution is 5.98. The van der Waals surface area contributed by atoms with Crippen molar-refractivity contribution >= 4 is 11.7 Å². The van der Waals surface area contributed by atoms with Crippen LogP contribution in [0.3, 0.4) is 0 Å². The van der Waals surface area contributed by atoms with E-state index in [0.29, 0.717) is 13.2 Å². The lowest BCUT2D eigenvalue weighted by Gasteiger charge is -2.34. The molecule has 2 rings (SSSR count). The third kappa shape index (κ3) is 2.76. The summed E-state index contributed by atoms with van der Waals surface area (Å²) in [6.07, 6.45) is 2.44. The molecule has 1 saturated heterocycles. The minimum atomic E-state index is -0.577. The Kier molecular flexibility index (Phi) is 3.47. The Balaban J connectivity index is 2.14. The first-order valence-electron chi connectivity index (χ1n) is 5.81. The number of hydrogen-bond donors (Lipinski definition) is 2. The molecule has 0 aromatic carbocycles. The molecule has 5 nitrogen and oxygen atoms in total. The second kappa shape index (κ2) is 4.89. The quantitative estimate of drug-likeness (QED) is 0.827. The van der Waals surface area contributed by atoms with Gasteiger partial charge in [0.1, 0.15) is 11.6 Å². The number of halogens is 1. The summed E-state index contributed by atoms with van der Waals surface area (Å²) in [4.78, 5) is 15.7. The van der Waals surface area contributed by atoms with Crippen molar-refractivity contribution in [1.29, 1.82) is 0 Å². The van der Waals surface area contributed by atoms with Crippen molar-refractivity contribution in [3.8, 4) is 0 Å². The molecule has 3 N–H and O–H groups in total. The number of carbonyl (C=O) groups excluding carboxylic acids is 1. The van der Waals surface area contributed by atoms with E-state index in [9.17, 15) is 9.18 Å². The van der Waals surface area contributed by atoms with E-state index in [1.165, 1.54) is 0 Å². The molecule has 0 radical (unpaired) electrons. The highest BCUT2D eigenvalue weighted by atomic mass is 19.1. The first-order chi connectivity index (χ1) is 8.50. The Morgan fingerprint density at radius 2 is 2.22 bits per heavy atom. The number of ether oxygens (including phenoxy) is 1. The van der Waals surface area contributed by atoms with E-state index in [1.54, 1.807) is 0 Å². The van der Waals surface area contributed by atoms with E-state index in [-0.39, 0.29) is 16.9 Å². The van der Waals surface area contributed by atoms with Gasteiger partial charge in [-0.2, -0.15) is 0 Å². The highest BCUT2D eigenvalue weighted by Gasteiger charge is 2.30. The molecular formula is C12H16FN3O2. The van der Waals surface area contributed by atoms with Crippen molar-refractivity contribution in [3.05, 3.63) is 23.6 Å². The number of amides is 1. The smallest absolute Gasteiger partial charge is 0.255 e. The van der Waals surface area contributed by atoms with E-state index in [0.717, 1.165) is 25.1 Å². The van der Waals surface area contributed by atoms with E-state index in [4.69, 9.17) is 10.5 Å². The van der Waals surface area contributed by atoms with Crippen LogP contribution in [-0.4, -0.2) is 29.6 Å². The third-order valence-electron chi connectivity index (χ3n) is 3.14. The standard InChI is InChI=1S/C12H16FN3O2/c1-12(2-4-18-5-3-12)16-11(17)9-6-8(13)7-15-10(9)14/h6-7H,2-5H2,1H3,(H2,14,15)(H,16,17). The van der Waals surface area contributed by atoms with Gasteiger partial charge in [0.05, 0.1) is 11.8 Å². The number of pyridine rings is 1. The average Bonchev–Trinajstić information content (AvgIpc) is 2.32. The molecule has 0 unspecified atom stereocenters. The summed E-state index contributed by atoms with van der Waals surface area (Å²) in [5, 5.41) is 2.87. The Labute approximate surface area is 105 Å². The fraction of sp³-hybridized carbons (Fsp3) is 0.500. The minimum absolute atomic E-state index is 0.0320. The van der Waals surface area contributed by atoms with Gasteiger partial charge in [0.2, 0.25) is 0 Å². The maximum atomic E-state index is 13.1. The summed E-state index contributed by atoms with van der Waals surface area (Å²) in [6, 6.07) is 1.10. The van der Waals surface area contributed by atoms with Crippen LogP contribution in [0.25, 0.3) is 0 Å². The highest BCUT2D eigenvalue weighted by Crippen LogP contribution is 2.21. The van der Waals surface area contributed by atoms with Gasteiger partial charge in [0, 0.05) is 18.8 Å². The largest absolute Gasteiger partial charge is 0.383 e. The number of nitrogens with two attached hydrogens (primary N) is 1. The molecule has 18 heavy (non-hydrogen) atoms. The Morgan fingerprint density at radius 3 is 2.89 bits per heavy atom. The van der Waals surface area contributed by atoms with Crippen LogP contribution in [0.4, 0.5) is 10.2 Å². The molecule has 1 aromatic rings. The second-order valence-electron chi connectivity index (χ2n) is 4.71. The topological polar surface area (TPSA) is 77.2 Å². The van der Waals surface area contributed by atoms with Crippen LogP contribution < -0.4 is 11.1 Å². The molecule has 2 heterocycles. The molecule has 0 bridgehead atoms. The number of nitrogens with one attached hydrogen (secondary N) is 1. The van der Waals surface area contributed by atoms with Crippen LogP contribution in [-0.2, 0) is 4.74 Å². The summed E-state index contributed by atoms with van der Waals surface area (Å²) >= 11 is 0. The van der Waals surface area contributed by atoms with Crippen molar-refractivity contribution in [1.82, 2.24) is 10.3 Å². The number of rotatable bonds is 2. The fourth-order valence-corrected chi connectivity index (χ4v) is 1.92. The maximum absolute atomic E-state index is 13.1. The first kappa shape index (κ1) is 12.8. The van der Waals surface area contributed by atoms with Crippen molar-refractivity contribution in [2.75, 3.05) is 18.9 Å². The molecule has 98 valence electrons. The van der Waals surface area contributed by atoms with Gasteiger partial charge in [-0.05, 0) is 25.8 Å². The fourth-order valence-electron chi connectivity index (χ4n) is 1.92. The van der Waals surface area contributed by atoms with Gasteiger partial charge in [0.15, 0.2) is 0 Å². The molecular weight excluding hydrogens is 237 g/mol. The monoisotopic (exact) mass is 253 g/mol. The molecule has 1 aromatic heterocycles. The van der Waals surface area contributed by atoms with Crippen molar-refractivity contribution < 1.29 is 13.9 Å². The van der Waals surface area contributed by atoms with Crippen LogP contribution in [0.15, 0.2) is 12.3 Å². The number of anilines is 1. The number of hydrogen-bond acceptors (Lipinski definition) is 4. The Bertz CT molecular complexity index is 459. The molecule has 1 amide bonds. The number of nitrogen functional groups attached to an aromatic ring is 1. The zero-order valence-corrected chi connectivity index (χ0v) is 10.2. The number of nitrogens with zero attached hydrogens (tertiary/aromatic N) is 1. The lowest BCUT2D eigenvalue weighted by atomic mass is 9.92. The molecule has 0 spiro atoms. The normalized spacial score (nSPS) is 18.3. The zero-order chi connectivity index (χ0) is 13.2. The van der Waals surface area contributed by atoms with Gasteiger partial charge in [-0.25, -0.2) is 9.37 Å². The summed E-state index contributed by atoms with van der Waals surface area (Å²) in [7, 11) is 0. The van der Waals surface area contributed by atoms with E-state index in [2.05, 4.69) is 10.3 Å². The van der Waals surface area contributed by atoms with E-state index in [1.807, 2.05) is 6.92 Å². The minimum Gasteiger partial charge on any atom is -0.383 e. The lowest BCUT2D eigenvalue weighted by molar-refractivity contribution is 0.0423. The predicted octanol–water partition coefficient (Wildman–Crippen LogP) is 1.10. The Hall–Kier alpha value is -1.69. The predicted molar refractivity (Wildman–Crippen MR) is 64.5 cm³/mol. The average molecular weight is 253 g/mol. The van der Waals surface area contributed by atoms with Crippen LogP contribution in [0.5, 0.6) is 0 Å².